The number of thiazole rings is 1. The molecule has 2 heterocycles. The van der Waals surface area contributed by atoms with Crippen LogP contribution in [0.2, 0.25) is 0 Å². The number of primary amides is 1. The molecule has 2 aromatic heterocycles. The van der Waals surface area contributed by atoms with E-state index >= 15 is 0 Å². The maximum absolute atomic E-state index is 12.5. The SMILES string of the molecule is Cc1nc(-c2cccs2)sc1C(=O)O[C@@H](C(N)=O)c1ccccc1. The first-order chi connectivity index (χ1) is 11.6. The highest BCUT2D eigenvalue weighted by Crippen LogP contribution is 2.32. The van der Waals surface area contributed by atoms with Crippen LogP contribution >= 0.6 is 22.7 Å². The van der Waals surface area contributed by atoms with Crippen LogP contribution in [0.5, 0.6) is 0 Å². The number of hydrogen-bond acceptors (Lipinski definition) is 6. The average Bonchev–Trinajstić information content (AvgIpc) is 3.22. The molecule has 0 aliphatic carbocycles. The molecule has 0 aliphatic heterocycles. The van der Waals surface area contributed by atoms with E-state index < -0.39 is 18.0 Å². The lowest BCUT2D eigenvalue weighted by molar-refractivity contribution is -0.127. The molecule has 7 heteroatoms. The molecule has 0 unspecified atom stereocenters. The largest absolute Gasteiger partial charge is 0.443 e. The minimum Gasteiger partial charge on any atom is -0.443 e. The van der Waals surface area contributed by atoms with Crippen LogP contribution in [0.3, 0.4) is 0 Å². The van der Waals surface area contributed by atoms with Gasteiger partial charge in [-0.3, -0.25) is 4.79 Å². The first kappa shape index (κ1) is 16.4. The van der Waals surface area contributed by atoms with E-state index in [9.17, 15) is 9.59 Å². The normalized spacial score (nSPS) is 11.9. The van der Waals surface area contributed by atoms with Gasteiger partial charge in [0.05, 0.1) is 10.6 Å². The maximum Gasteiger partial charge on any atom is 0.351 e. The third-order valence-electron chi connectivity index (χ3n) is 3.30. The molecular weight excluding hydrogens is 344 g/mol. The molecule has 0 saturated heterocycles. The predicted octanol–water partition coefficient (Wildman–Crippen LogP) is 3.56. The molecule has 0 radical (unpaired) electrons. The van der Waals surface area contributed by atoms with Gasteiger partial charge in [-0.15, -0.1) is 22.7 Å². The molecule has 3 aromatic rings. The molecule has 2 N–H and O–H groups in total. The summed E-state index contributed by atoms with van der Waals surface area (Å²) in [5, 5.41) is 2.70. The lowest BCUT2D eigenvalue weighted by Gasteiger charge is -2.14. The highest BCUT2D eigenvalue weighted by Gasteiger charge is 2.26. The summed E-state index contributed by atoms with van der Waals surface area (Å²) in [7, 11) is 0. The Hall–Kier alpha value is -2.51. The summed E-state index contributed by atoms with van der Waals surface area (Å²) in [6.07, 6.45) is -1.12. The lowest BCUT2D eigenvalue weighted by atomic mass is 10.1. The second-order valence-electron chi connectivity index (χ2n) is 5.01. The highest BCUT2D eigenvalue weighted by molar-refractivity contribution is 7.22. The zero-order valence-corrected chi connectivity index (χ0v) is 14.4. The number of thiophene rings is 1. The van der Waals surface area contributed by atoms with Crippen LogP contribution in [0.15, 0.2) is 47.8 Å². The smallest absolute Gasteiger partial charge is 0.351 e. The van der Waals surface area contributed by atoms with Crippen LogP contribution in [0.1, 0.15) is 27.0 Å². The molecule has 5 nitrogen and oxygen atoms in total. The van der Waals surface area contributed by atoms with E-state index in [0.717, 1.165) is 9.88 Å². The number of carbonyl (C=O) groups is 2. The van der Waals surface area contributed by atoms with Gasteiger partial charge in [0.15, 0.2) is 0 Å². The summed E-state index contributed by atoms with van der Waals surface area (Å²) in [5.74, 6) is -1.31. The highest BCUT2D eigenvalue weighted by atomic mass is 32.1. The summed E-state index contributed by atoms with van der Waals surface area (Å²) in [6.45, 7) is 1.74. The molecular formula is C17H14N2O3S2. The Bertz CT molecular complexity index is 857. The Morgan fingerprint density at radius 1 is 1.17 bits per heavy atom. The van der Waals surface area contributed by atoms with E-state index in [2.05, 4.69) is 4.98 Å². The molecule has 0 aliphatic rings. The fourth-order valence-corrected chi connectivity index (χ4v) is 3.92. The zero-order chi connectivity index (χ0) is 17.1. The first-order valence-corrected chi connectivity index (χ1v) is 8.82. The number of carbonyl (C=O) groups excluding carboxylic acids is 2. The summed E-state index contributed by atoms with van der Waals surface area (Å²) in [4.78, 5) is 29.9. The molecule has 0 bridgehead atoms. The minimum absolute atomic E-state index is 0.376. The van der Waals surface area contributed by atoms with E-state index in [4.69, 9.17) is 10.5 Å². The van der Waals surface area contributed by atoms with Gasteiger partial charge in [-0.2, -0.15) is 0 Å². The van der Waals surface area contributed by atoms with Crippen LogP contribution in [0, 0.1) is 6.92 Å². The number of ether oxygens (including phenoxy) is 1. The second kappa shape index (κ2) is 6.94. The topological polar surface area (TPSA) is 82.3 Å². The number of hydrogen-bond donors (Lipinski definition) is 1. The Morgan fingerprint density at radius 2 is 1.92 bits per heavy atom. The van der Waals surface area contributed by atoms with Crippen molar-refractivity contribution in [3.8, 4) is 9.88 Å². The number of rotatable bonds is 5. The Labute approximate surface area is 146 Å². The molecule has 0 fully saturated rings. The third kappa shape index (κ3) is 3.37. The summed E-state index contributed by atoms with van der Waals surface area (Å²) in [6, 6.07) is 12.6. The predicted molar refractivity (Wildman–Crippen MR) is 94.0 cm³/mol. The first-order valence-electron chi connectivity index (χ1n) is 7.13. The fourth-order valence-electron chi connectivity index (χ4n) is 2.17. The lowest BCUT2D eigenvalue weighted by Crippen LogP contribution is -2.26. The number of benzene rings is 1. The van der Waals surface area contributed by atoms with Gasteiger partial charge in [-0.25, -0.2) is 9.78 Å². The number of amides is 1. The standard InChI is InChI=1S/C17H14N2O3S2/c1-10-14(24-16(19-10)12-8-5-9-23-12)17(21)22-13(15(18)20)11-6-3-2-4-7-11/h2-9,13H,1H3,(H2,18,20)/t13-/m1/s1. The van der Waals surface area contributed by atoms with Crippen molar-refractivity contribution in [3.05, 3.63) is 64.0 Å². The number of nitrogens with zero attached hydrogens (tertiary/aromatic N) is 1. The molecule has 122 valence electrons. The number of nitrogens with two attached hydrogens (primary N) is 1. The van der Waals surface area contributed by atoms with Gasteiger partial charge in [0.2, 0.25) is 6.10 Å². The van der Waals surface area contributed by atoms with Gasteiger partial charge in [0.25, 0.3) is 5.91 Å². The Morgan fingerprint density at radius 3 is 2.54 bits per heavy atom. The number of aryl methyl sites for hydroxylation is 1. The van der Waals surface area contributed by atoms with E-state index in [1.54, 1.807) is 42.5 Å². The van der Waals surface area contributed by atoms with Crippen molar-refractivity contribution in [1.29, 1.82) is 0 Å². The maximum atomic E-state index is 12.5. The molecule has 1 aromatic carbocycles. The van der Waals surface area contributed by atoms with Crippen molar-refractivity contribution in [1.82, 2.24) is 4.98 Å². The van der Waals surface area contributed by atoms with Crippen LogP contribution < -0.4 is 5.73 Å². The van der Waals surface area contributed by atoms with Gasteiger partial charge in [0, 0.05) is 5.56 Å². The molecule has 0 saturated carbocycles. The van der Waals surface area contributed by atoms with Crippen LogP contribution in [0.4, 0.5) is 0 Å². The van der Waals surface area contributed by atoms with Crippen molar-refractivity contribution < 1.29 is 14.3 Å². The van der Waals surface area contributed by atoms with Crippen molar-refractivity contribution in [2.24, 2.45) is 5.73 Å². The van der Waals surface area contributed by atoms with Crippen molar-refractivity contribution in [2.75, 3.05) is 0 Å². The van der Waals surface area contributed by atoms with Crippen molar-refractivity contribution >= 4 is 34.6 Å². The van der Waals surface area contributed by atoms with Crippen molar-refractivity contribution in [2.45, 2.75) is 13.0 Å². The van der Waals surface area contributed by atoms with Crippen molar-refractivity contribution in [3.63, 3.8) is 0 Å². The molecule has 1 atom stereocenters. The van der Waals surface area contributed by atoms with Gasteiger partial charge >= 0.3 is 5.97 Å². The third-order valence-corrected chi connectivity index (χ3v) is 5.48. The van der Waals surface area contributed by atoms with E-state index in [-0.39, 0.29) is 0 Å². The fraction of sp³-hybridized carbons (Fsp3) is 0.118. The van der Waals surface area contributed by atoms with E-state index in [0.29, 0.717) is 16.1 Å². The van der Waals surface area contributed by atoms with Gasteiger partial charge in [-0.05, 0) is 18.4 Å². The van der Waals surface area contributed by atoms with E-state index in [1.165, 1.54) is 11.3 Å². The molecule has 1 amide bonds. The summed E-state index contributed by atoms with van der Waals surface area (Å²) in [5.41, 5.74) is 6.50. The number of esters is 1. The zero-order valence-electron chi connectivity index (χ0n) is 12.8. The van der Waals surface area contributed by atoms with Gasteiger partial charge in [0.1, 0.15) is 9.88 Å². The van der Waals surface area contributed by atoms with Gasteiger partial charge < -0.3 is 10.5 Å². The van der Waals surface area contributed by atoms with Crippen LogP contribution in [0.25, 0.3) is 9.88 Å². The number of aromatic nitrogens is 1. The van der Waals surface area contributed by atoms with Crippen LogP contribution in [-0.2, 0) is 9.53 Å². The van der Waals surface area contributed by atoms with Crippen LogP contribution in [-0.4, -0.2) is 16.9 Å². The minimum atomic E-state index is -1.12. The quantitative estimate of drug-likeness (QED) is 0.707. The Balaban J connectivity index is 1.85. The molecule has 3 rings (SSSR count). The summed E-state index contributed by atoms with van der Waals surface area (Å²) < 4.78 is 5.36. The van der Waals surface area contributed by atoms with Gasteiger partial charge in [-0.1, -0.05) is 36.4 Å². The Kier molecular flexibility index (Phi) is 4.73. The monoisotopic (exact) mass is 358 g/mol. The second-order valence-corrected chi connectivity index (χ2v) is 6.96. The molecule has 24 heavy (non-hydrogen) atoms. The molecule has 0 spiro atoms. The summed E-state index contributed by atoms with van der Waals surface area (Å²) >= 11 is 2.79. The average molecular weight is 358 g/mol. The van der Waals surface area contributed by atoms with E-state index in [1.807, 2.05) is 23.6 Å².